The molecule has 3 rings (SSSR count). The number of methoxy groups -OCH3 is 2. The van der Waals surface area contributed by atoms with Gasteiger partial charge < -0.3 is 20.1 Å². The van der Waals surface area contributed by atoms with Crippen molar-refractivity contribution in [3.8, 4) is 11.5 Å². The number of anilines is 1. The molecule has 0 radical (unpaired) electrons. The average molecular weight is 469 g/mol. The number of hydrogen-bond acceptors (Lipinski definition) is 7. The first-order valence-electron chi connectivity index (χ1n) is 10.4. The number of imide groups is 1. The third-order valence-corrected chi connectivity index (χ3v) is 5.25. The molecule has 1 saturated heterocycles. The topological polar surface area (TPSA) is 129 Å². The van der Waals surface area contributed by atoms with Gasteiger partial charge in [-0.3, -0.25) is 24.7 Å². The molecule has 180 valence electrons. The second kappa shape index (κ2) is 10.2. The second-order valence-corrected chi connectivity index (χ2v) is 7.92. The fraction of sp³-hybridized carbons (Fsp3) is 0.304. The molecule has 0 saturated carbocycles. The van der Waals surface area contributed by atoms with E-state index in [9.17, 15) is 19.2 Å². The van der Waals surface area contributed by atoms with E-state index in [0.717, 1.165) is 0 Å². The molecule has 0 bridgehead atoms. The van der Waals surface area contributed by atoms with Crippen molar-refractivity contribution >= 4 is 29.4 Å². The summed E-state index contributed by atoms with van der Waals surface area (Å²) < 4.78 is 10.3. The van der Waals surface area contributed by atoms with Crippen molar-refractivity contribution in [2.24, 2.45) is 0 Å². The molecule has 3 N–H and O–H groups in total. The maximum absolute atomic E-state index is 13.0. The Bertz CT molecular complexity index is 1110. The van der Waals surface area contributed by atoms with Crippen molar-refractivity contribution in [1.82, 2.24) is 20.7 Å². The van der Waals surface area contributed by atoms with Gasteiger partial charge in [0.1, 0.15) is 17.0 Å². The van der Waals surface area contributed by atoms with Crippen LogP contribution in [0, 0.1) is 0 Å². The number of carbonyl (C=O) groups is 4. The SMILES string of the molecule is COc1cccc(NC(=O)CN(C)CC(=O)NN2C(=O)NC(C)(c3cccc(OC)c3)C2=O)c1. The van der Waals surface area contributed by atoms with Crippen LogP contribution in [0.5, 0.6) is 11.5 Å². The number of urea groups is 1. The first-order chi connectivity index (χ1) is 16.2. The van der Waals surface area contributed by atoms with Crippen molar-refractivity contribution in [3.63, 3.8) is 0 Å². The standard InChI is InChI=1S/C23H27N5O6/c1-23(15-7-5-9-17(11-15)33-3)21(31)28(22(32)25-23)26-20(30)14-27(2)13-19(29)24-16-8-6-10-18(12-16)34-4/h5-12H,13-14H2,1-4H3,(H,24,29)(H,25,32)(H,26,30). The normalized spacial score (nSPS) is 17.4. The zero-order valence-electron chi connectivity index (χ0n) is 19.4. The molecule has 1 aliphatic heterocycles. The lowest BCUT2D eigenvalue weighted by Gasteiger charge is -2.23. The fourth-order valence-corrected chi connectivity index (χ4v) is 3.48. The highest BCUT2D eigenvalue weighted by molar-refractivity contribution is 6.08. The number of nitrogens with one attached hydrogen (secondary N) is 3. The predicted molar refractivity (Wildman–Crippen MR) is 123 cm³/mol. The van der Waals surface area contributed by atoms with Gasteiger partial charge in [-0.2, -0.15) is 5.01 Å². The quantitative estimate of drug-likeness (QED) is 0.469. The summed E-state index contributed by atoms with van der Waals surface area (Å²) in [6.07, 6.45) is 0. The minimum atomic E-state index is -1.37. The Balaban J connectivity index is 1.56. The van der Waals surface area contributed by atoms with Gasteiger partial charge >= 0.3 is 6.03 Å². The highest BCUT2D eigenvalue weighted by Gasteiger charge is 2.50. The zero-order valence-corrected chi connectivity index (χ0v) is 19.4. The second-order valence-electron chi connectivity index (χ2n) is 7.92. The molecule has 1 unspecified atom stereocenters. The van der Waals surface area contributed by atoms with Crippen LogP contribution in [0.1, 0.15) is 12.5 Å². The molecule has 2 aromatic rings. The van der Waals surface area contributed by atoms with E-state index in [1.165, 1.54) is 19.1 Å². The smallest absolute Gasteiger partial charge is 0.344 e. The molecule has 0 aliphatic carbocycles. The molecule has 1 aliphatic rings. The minimum absolute atomic E-state index is 0.0910. The van der Waals surface area contributed by atoms with Gasteiger partial charge in [-0.25, -0.2) is 4.79 Å². The molecule has 1 atom stereocenters. The van der Waals surface area contributed by atoms with Crippen molar-refractivity contribution in [2.45, 2.75) is 12.5 Å². The molecule has 2 aromatic carbocycles. The third kappa shape index (κ3) is 5.44. The number of likely N-dealkylation sites (N-methyl/N-ethyl adjacent to an activating group) is 1. The summed E-state index contributed by atoms with van der Waals surface area (Å²) in [6, 6.07) is 12.8. The van der Waals surface area contributed by atoms with E-state index >= 15 is 0 Å². The van der Waals surface area contributed by atoms with Crippen LogP contribution in [-0.2, 0) is 19.9 Å². The lowest BCUT2D eigenvalue weighted by atomic mass is 9.92. The number of benzene rings is 2. The van der Waals surface area contributed by atoms with Crippen LogP contribution in [0.2, 0.25) is 0 Å². The van der Waals surface area contributed by atoms with Gasteiger partial charge in [0.25, 0.3) is 11.8 Å². The summed E-state index contributed by atoms with van der Waals surface area (Å²) in [5.41, 5.74) is 2.00. The van der Waals surface area contributed by atoms with Gasteiger partial charge in [-0.1, -0.05) is 18.2 Å². The van der Waals surface area contributed by atoms with E-state index in [4.69, 9.17) is 9.47 Å². The van der Waals surface area contributed by atoms with E-state index in [0.29, 0.717) is 27.8 Å². The van der Waals surface area contributed by atoms with Gasteiger partial charge in [-0.05, 0) is 43.8 Å². The van der Waals surface area contributed by atoms with Crippen molar-refractivity contribution in [1.29, 1.82) is 0 Å². The number of hydrazine groups is 1. The number of hydrogen-bond donors (Lipinski definition) is 3. The lowest BCUT2D eigenvalue weighted by Crippen LogP contribution is -2.50. The van der Waals surface area contributed by atoms with Gasteiger partial charge in [0.05, 0.1) is 27.3 Å². The number of amides is 5. The van der Waals surface area contributed by atoms with Crippen LogP contribution in [0.3, 0.4) is 0 Å². The number of rotatable bonds is 9. The van der Waals surface area contributed by atoms with Gasteiger partial charge in [0.2, 0.25) is 5.91 Å². The van der Waals surface area contributed by atoms with E-state index in [2.05, 4.69) is 16.1 Å². The van der Waals surface area contributed by atoms with Crippen molar-refractivity contribution in [3.05, 3.63) is 54.1 Å². The molecule has 34 heavy (non-hydrogen) atoms. The molecule has 11 heteroatoms. The number of nitrogens with zero attached hydrogens (tertiary/aromatic N) is 2. The van der Waals surface area contributed by atoms with Crippen LogP contribution in [-0.4, -0.2) is 68.0 Å². The van der Waals surface area contributed by atoms with Crippen LogP contribution in [0.4, 0.5) is 10.5 Å². The molecule has 5 amide bonds. The summed E-state index contributed by atoms with van der Waals surface area (Å²) in [4.78, 5) is 51.6. The number of carbonyl (C=O) groups excluding carboxylic acids is 4. The van der Waals surface area contributed by atoms with Gasteiger partial charge in [0, 0.05) is 11.8 Å². The molecular formula is C23H27N5O6. The maximum Gasteiger partial charge on any atom is 0.344 e. The van der Waals surface area contributed by atoms with E-state index in [1.54, 1.807) is 62.5 Å². The largest absolute Gasteiger partial charge is 0.497 e. The Morgan fingerprint density at radius 3 is 2.29 bits per heavy atom. The Hall–Kier alpha value is -4.12. The first-order valence-corrected chi connectivity index (χ1v) is 10.4. The molecule has 0 aromatic heterocycles. The van der Waals surface area contributed by atoms with Crippen molar-refractivity contribution < 1.29 is 28.7 Å². The molecular weight excluding hydrogens is 442 g/mol. The summed E-state index contributed by atoms with van der Waals surface area (Å²) in [5, 5.41) is 5.96. The highest BCUT2D eigenvalue weighted by Crippen LogP contribution is 2.30. The first kappa shape index (κ1) is 24.5. The molecule has 11 nitrogen and oxygen atoms in total. The average Bonchev–Trinajstić information content (AvgIpc) is 3.02. The zero-order chi connectivity index (χ0) is 24.9. The van der Waals surface area contributed by atoms with Crippen molar-refractivity contribution in [2.75, 3.05) is 39.7 Å². The Morgan fingerprint density at radius 2 is 1.62 bits per heavy atom. The van der Waals surface area contributed by atoms with Crippen LogP contribution < -0.4 is 25.5 Å². The number of ether oxygens (including phenoxy) is 2. The van der Waals surface area contributed by atoms with Gasteiger partial charge in [-0.15, -0.1) is 0 Å². The van der Waals surface area contributed by atoms with Crippen LogP contribution in [0.25, 0.3) is 0 Å². The van der Waals surface area contributed by atoms with E-state index in [-0.39, 0.29) is 19.0 Å². The fourth-order valence-electron chi connectivity index (χ4n) is 3.48. The summed E-state index contributed by atoms with van der Waals surface area (Å²) in [7, 11) is 4.59. The maximum atomic E-state index is 13.0. The van der Waals surface area contributed by atoms with Gasteiger partial charge in [0.15, 0.2) is 0 Å². The summed E-state index contributed by atoms with van der Waals surface area (Å²) >= 11 is 0. The Morgan fingerprint density at radius 1 is 1.00 bits per heavy atom. The minimum Gasteiger partial charge on any atom is -0.497 e. The molecule has 1 heterocycles. The highest BCUT2D eigenvalue weighted by atomic mass is 16.5. The summed E-state index contributed by atoms with van der Waals surface area (Å²) in [6.45, 7) is 1.23. The van der Waals surface area contributed by atoms with E-state index < -0.39 is 23.4 Å². The Kier molecular flexibility index (Phi) is 7.37. The summed E-state index contributed by atoms with van der Waals surface area (Å²) in [5.74, 6) is -0.492. The predicted octanol–water partition coefficient (Wildman–Crippen LogP) is 1.07. The lowest BCUT2D eigenvalue weighted by molar-refractivity contribution is -0.139. The van der Waals surface area contributed by atoms with Crippen LogP contribution >= 0.6 is 0 Å². The monoisotopic (exact) mass is 469 g/mol. The Labute approximate surface area is 197 Å². The van der Waals surface area contributed by atoms with Crippen LogP contribution in [0.15, 0.2) is 48.5 Å². The molecule has 1 fully saturated rings. The van der Waals surface area contributed by atoms with E-state index in [1.807, 2.05) is 0 Å². The molecule has 0 spiro atoms. The third-order valence-electron chi connectivity index (χ3n) is 5.25.